The quantitative estimate of drug-likeness (QED) is 0.580. The van der Waals surface area contributed by atoms with Crippen molar-refractivity contribution in [2.45, 2.75) is 19.8 Å². The normalized spacial score (nSPS) is 28.6. The van der Waals surface area contributed by atoms with Crippen molar-refractivity contribution < 1.29 is 9.53 Å². The Morgan fingerprint density at radius 1 is 1.70 bits per heavy atom. The third-order valence-corrected chi connectivity index (χ3v) is 1.95. The molecule has 1 fully saturated rings. The topological polar surface area (TPSA) is 26.3 Å². The summed E-state index contributed by atoms with van der Waals surface area (Å²) >= 11 is 0. The molecule has 1 saturated carbocycles. The largest absolute Gasteiger partial charge is 0.469 e. The Bertz CT molecular complexity index is 125. The highest BCUT2D eigenvalue weighted by atomic mass is 35.5. The van der Waals surface area contributed by atoms with Crippen LogP contribution in [0.15, 0.2) is 0 Å². The van der Waals surface area contributed by atoms with E-state index in [1.165, 1.54) is 7.11 Å². The fourth-order valence-corrected chi connectivity index (χ4v) is 1.14. The standard InChI is InChI=1S/C7H12O2.ClH/c1-3-5-4-6(5)7(8)9-2;/h5-6H,3-4H2,1-2H3;1H. The maximum absolute atomic E-state index is 10.7. The lowest BCUT2D eigenvalue weighted by Crippen LogP contribution is -2.03. The fraction of sp³-hybridized carbons (Fsp3) is 0.857. The van der Waals surface area contributed by atoms with Crippen LogP contribution < -0.4 is 0 Å². The van der Waals surface area contributed by atoms with Crippen molar-refractivity contribution in [2.75, 3.05) is 7.11 Å². The number of esters is 1. The smallest absolute Gasteiger partial charge is 0.308 e. The number of halogens is 1. The molecule has 0 aromatic heterocycles. The van der Waals surface area contributed by atoms with Gasteiger partial charge in [0.2, 0.25) is 0 Å². The highest BCUT2D eigenvalue weighted by Crippen LogP contribution is 2.41. The molecule has 0 spiro atoms. The number of hydrogen-bond acceptors (Lipinski definition) is 2. The average molecular weight is 165 g/mol. The molecule has 0 radical (unpaired) electrons. The second-order valence-electron chi connectivity index (χ2n) is 2.53. The van der Waals surface area contributed by atoms with Crippen LogP contribution in [-0.2, 0) is 9.53 Å². The van der Waals surface area contributed by atoms with Crippen molar-refractivity contribution in [1.82, 2.24) is 0 Å². The third kappa shape index (κ3) is 1.87. The van der Waals surface area contributed by atoms with E-state index in [0.29, 0.717) is 5.92 Å². The van der Waals surface area contributed by atoms with Gasteiger partial charge in [0.05, 0.1) is 13.0 Å². The Labute approximate surface area is 67.4 Å². The van der Waals surface area contributed by atoms with Gasteiger partial charge in [-0.15, -0.1) is 12.4 Å². The van der Waals surface area contributed by atoms with Crippen molar-refractivity contribution in [1.29, 1.82) is 0 Å². The number of carbonyl (C=O) groups excluding carboxylic acids is 1. The first-order chi connectivity index (χ1) is 4.29. The Morgan fingerprint density at radius 2 is 2.30 bits per heavy atom. The molecule has 0 aromatic carbocycles. The molecular formula is C7H13ClO2. The molecule has 3 heteroatoms. The van der Waals surface area contributed by atoms with E-state index in [4.69, 9.17) is 0 Å². The van der Waals surface area contributed by atoms with Crippen LogP contribution in [0.4, 0.5) is 0 Å². The Balaban J connectivity index is 0.000000810. The fourth-order valence-electron chi connectivity index (χ4n) is 1.14. The van der Waals surface area contributed by atoms with Gasteiger partial charge in [0.25, 0.3) is 0 Å². The highest BCUT2D eigenvalue weighted by Gasteiger charge is 2.42. The Hall–Kier alpha value is -0.240. The van der Waals surface area contributed by atoms with Crippen molar-refractivity contribution in [3.63, 3.8) is 0 Å². The van der Waals surface area contributed by atoms with Gasteiger partial charge in [0, 0.05) is 0 Å². The van der Waals surface area contributed by atoms with Crippen LogP contribution in [0.2, 0.25) is 0 Å². The molecule has 0 bridgehead atoms. The van der Waals surface area contributed by atoms with E-state index >= 15 is 0 Å². The van der Waals surface area contributed by atoms with Gasteiger partial charge in [-0.2, -0.15) is 0 Å². The van der Waals surface area contributed by atoms with Gasteiger partial charge < -0.3 is 4.74 Å². The van der Waals surface area contributed by atoms with E-state index in [1.54, 1.807) is 0 Å². The summed E-state index contributed by atoms with van der Waals surface area (Å²) in [6.07, 6.45) is 2.16. The summed E-state index contributed by atoms with van der Waals surface area (Å²) in [5.41, 5.74) is 0. The molecule has 0 amide bonds. The van der Waals surface area contributed by atoms with Gasteiger partial charge in [0.15, 0.2) is 0 Å². The minimum absolute atomic E-state index is 0. The minimum atomic E-state index is -0.0261. The van der Waals surface area contributed by atoms with Crippen molar-refractivity contribution in [3.8, 4) is 0 Å². The molecule has 0 heterocycles. The maximum Gasteiger partial charge on any atom is 0.308 e. The van der Waals surface area contributed by atoms with Gasteiger partial charge in [-0.05, 0) is 12.3 Å². The molecule has 2 unspecified atom stereocenters. The molecule has 60 valence electrons. The second kappa shape index (κ2) is 3.81. The van der Waals surface area contributed by atoms with E-state index in [2.05, 4.69) is 11.7 Å². The van der Waals surface area contributed by atoms with Crippen molar-refractivity contribution in [3.05, 3.63) is 0 Å². The first-order valence-electron chi connectivity index (χ1n) is 3.37. The first kappa shape index (κ1) is 9.76. The highest BCUT2D eigenvalue weighted by molar-refractivity contribution is 5.85. The van der Waals surface area contributed by atoms with Gasteiger partial charge >= 0.3 is 5.97 Å². The molecule has 1 rings (SSSR count). The zero-order chi connectivity index (χ0) is 6.85. The summed E-state index contributed by atoms with van der Waals surface area (Å²) in [6, 6.07) is 0. The zero-order valence-corrected chi connectivity index (χ0v) is 7.11. The lowest BCUT2D eigenvalue weighted by atomic mass is 10.2. The number of ether oxygens (including phenoxy) is 1. The summed E-state index contributed by atoms with van der Waals surface area (Å²) in [7, 11) is 1.45. The SMILES string of the molecule is CCC1CC1C(=O)OC.Cl. The summed E-state index contributed by atoms with van der Waals surface area (Å²) in [6.45, 7) is 2.10. The molecule has 0 aromatic rings. The summed E-state index contributed by atoms with van der Waals surface area (Å²) in [4.78, 5) is 10.7. The second-order valence-corrected chi connectivity index (χ2v) is 2.53. The predicted octanol–water partition coefficient (Wildman–Crippen LogP) is 1.63. The molecule has 1 aliphatic rings. The van der Waals surface area contributed by atoms with E-state index in [9.17, 15) is 4.79 Å². The Kier molecular flexibility index (Phi) is 3.72. The van der Waals surface area contributed by atoms with Crippen molar-refractivity contribution >= 4 is 18.4 Å². The van der Waals surface area contributed by atoms with E-state index < -0.39 is 0 Å². The monoisotopic (exact) mass is 164 g/mol. The molecule has 0 saturated heterocycles. The maximum atomic E-state index is 10.7. The average Bonchev–Trinajstić information content (AvgIpc) is 2.64. The molecule has 0 aliphatic heterocycles. The van der Waals surface area contributed by atoms with Crippen LogP contribution >= 0.6 is 12.4 Å². The molecule has 10 heavy (non-hydrogen) atoms. The van der Waals surface area contributed by atoms with Crippen LogP contribution in [0.5, 0.6) is 0 Å². The lowest BCUT2D eigenvalue weighted by Gasteiger charge is -1.93. The summed E-state index contributed by atoms with van der Waals surface area (Å²) in [5, 5.41) is 0. The zero-order valence-electron chi connectivity index (χ0n) is 6.29. The van der Waals surface area contributed by atoms with Crippen LogP contribution in [-0.4, -0.2) is 13.1 Å². The van der Waals surface area contributed by atoms with E-state index in [1.807, 2.05) is 0 Å². The molecular weight excluding hydrogens is 152 g/mol. The van der Waals surface area contributed by atoms with E-state index in [0.717, 1.165) is 12.8 Å². The van der Waals surface area contributed by atoms with Gasteiger partial charge in [-0.25, -0.2) is 0 Å². The molecule has 1 aliphatic carbocycles. The molecule has 2 atom stereocenters. The van der Waals surface area contributed by atoms with Gasteiger partial charge in [0.1, 0.15) is 0 Å². The van der Waals surface area contributed by atoms with Crippen LogP contribution in [0.1, 0.15) is 19.8 Å². The summed E-state index contributed by atoms with van der Waals surface area (Å²) < 4.78 is 4.57. The molecule has 0 N–H and O–H groups in total. The number of carbonyl (C=O) groups is 1. The lowest BCUT2D eigenvalue weighted by molar-refractivity contribution is -0.142. The van der Waals surface area contributed by atoms with Gasteiger partial charge in [-0.3, -0.25) is 4.79 Å². The Morgan fingerprint density at radius 3 is 2.60 bits per heavy atom. The van der Waals surface area contributed by atoms with Crippen LogP contribution in [0, 0.1) is 11.8 Å². The first-order valence-corrected chi connectivity index (χ1v) is 3.37. The number of methoxy groups -OCH3 is 1. The summed E-state index contributed by atoms with van der Waals surface area (Å²) in [5.74, 6) is 0.833. The number of rotatable bonds is 2. The van der Waals surface area contributed by atoms with Crippen LogP contribution in [0.3, 0.4) is 0 Å². The van der Waals surface area contributed by atoms with Gasteiger partial charge in [-0.1, -0.05) is 13.3 Å². The minimum Gasteiger partial charge on any atom is -0.469 e. The predicted molar refractivity (Wildman–Crippen MR) is 41.2 cm³/mol. The van der Waals surface area contributed by atoms with E-state index in [-0.39, 0.29) is 24.3 Å². The van der Waals surface area contributed by atoms with Crippen molar-refractivity contribution in [2.24, 2.45) is 11.8 Å². The molecule has 2 nitrogen and oxygen atoms in total. The third-order valence-electron chi connectivity index (χ3n) is 1.95. The van der Waals surface area contributed by atoms with Crippen LogP contribution in [0.25, 0.3) is 0 Å². The number of hydrogen-bond donors (Lipinski definition) is 0.